The minimum atomic E-state index is 0.197. The lowest BCUT2D eigenvalue weighted by molar-refractivity contribution is -0.131. The van der Waals surface area contributed by atoms with Gasteiger partial charge in [-0.3, -0.25) is 4.79 Å². The van der Waals surface area contributed by atoms with E-state index in [0.29, 0.717) is 29.9 Å². The smallest absolute Gasteiger partial charge is 0.222 e. The normalized spacial score (nSPS) is 20.5. The van der Waals surface area contributed by atoms with Crippen molar-refractivity contribution >= 4 is 17.5 Å². The van der Waals surface area contributed by atoms with Gasteiger partial charge in [-0.15, -0.1) is 0 Å². The molecular formula is C16H24ClN3O. The second-order valence-corrected chi connectivity index (χ2v) is 7.34. The number of hydrogen-bond acceptors (Lipinski definition) is 3. The Morgan fingerprint density at radius 1 is 1.33 bits per heavy atom. The summed E-state index contributed by atoms with van der Waals surface area (Å²) in [6.07, 6.45) is 2.62. The number of rotatable bonds is 2. The summed E-state index contributed by atoms with van der Waals surface area (Å²) in [5.41, 5.74) is 1.08. The van der Waals surface area contributed by atoms with Gasteiger partial charge < -0.3 is 4.90 Å². The molecule has 0 saturated carbocycles. The van der Waals surface area contributed by atoms with E-state index in [1.165, 1.54) is 0 Å². The summed E-state index contributed by atoms with van der Waals surface area (Å²) in [7, 11) is 0. The van der Waals surface area contributed by atoms with Crippen molar-refractivity contribution in [2.24, 2.45) is 11.3 Å². The Balaban J connectivity index is 2.08. The largest absolute Gasteiger partial charge is 0.335 e. The summed E-state index contributed by atoms with van der Waals surface area (Å²) in [6, 6.07) is 1.73. The van der Waals surface area contributed by atoms with E-state index in [1.54, 1.807) is 6.07 Å². The molecule has 116 valence electrons. The van der Waals surface area contributed by atoms with Crippen LogP contribution in [0.4, 0.5) is 0 Å². The Bertz CT molecular complexity index is 504. The van der Waals surface area contributed by atoms with Crippen LogP contribution in [-0.2, 0) is 11.3 Å². The van der Waals surface area contributed by atoms with E-state index >= 15 is 0 Å². The number of amides is 1. The van der Waals surface area contributed by atoms with Crippen molar-refractivity contribution in [3.8, 4) is 0 Å². The first-order valence-electron chi connectivity index (χ1n) is 7.53. The molecule has 1 aromatic heterocycles. The molecule has 0 N–H and O–H groups in total. The maximum atomic E-state index is 12.3. The van der Waals surface area contributed by atoms with Gasteiger partial charge in [-0.25, -0.2) is 9.97 Å². The molecule has 1 aliphatic rings. The SMILES string of the molecule is Cc1cc(Cl)nc(CN2CCC(C(C)(C)C)CCC2=O)n1. The molecule has 2 heterocycles. The quantitative estimate of drug-likeness (QED) is 0.784. The Morgan fingerprint density at radius 3 is 2.67 bits per heavy atom. The highest BCUT2D eigenvalue weighted by molar-refractivity contribution is 6.29. The Kier molecular flexibility index (Phi) is 4.87. The number of likely N-dealkylation sites (tertiary alicyclic amines) is 1. The highest BCUT2D eigenvalue weighted by atomic mass is 35.5. The van der Waals surface area contributed by atoms with E-state index in [4.69, 9.17) is 11.6 Å². The first kappa shape index (κ1) is 16.2. The summed E-state index contributed by atoms with van der Waals surface area (Å²) >= 11 is 5.96. The molecule has 2 rings (SSSR count). The fourth-order valence-electron chi connectivity index (χ4n) is 2.90. The van der Waals surface area contributed by atoms with Crippen LogP contribution < -0.4 is 0 Å². The molecule has 1 saturated heterocycles. The molecule has 21 heavy (non-hydrogen) atoms. The van der Waals surface area contributed by atoms with E-state index in [1.807, 2.05) is 11.8 Å². The summed E-state index contributed by atoms with van der Waals surface area (Å²) in [5, 5.41) is 0.437. The molecule has 0 aliphatic carbocycles. The van der Waals surface area contributed by atoms with Crippen LogP contribution in [0.15, 0.2) is 6.07 Å². The average Bonchev–Trinajstić information content (AvgIpc) is 2.50. The Morgan fingerprint density at radius 2 is 2.05 bits per heavy atom. The van der Waals surface area contributed by atoms with Crippen molar-refractivity contribution in [3.05, 3.63) is 22.7 Å². The zero-order valence-corrected chi connectivity index (χ0v) is 14.1. The van der Waals surface area contributed by atoms with E-state index in [9.17, 15) is 4.79 Å². The van der Waals surface area contributed by atoms with Crippen molar-refractivity contribution in [3.63, 3.8) is 0 Å². The number of nitrogens with zero attached hydrogens (tertiary/aromatic N) is 3. The van der Waals surface area contributed by atoms with Gasteiger partial charge in [-0.1, -0.05) is 32.4 Å². The van der Waals surface area contributed by atoms with Gasteiger partial charge in [0.15, 0.2) is 0 Å². The van der Waals surface area contributed by atoms with Crippen molar-refractivity contribution in [1.29, 1.82) is 0 Å². The van der Waals surface area contributed by atoms with Crippen LogP contribution >= 0.6 is 11.6 Å². The van der Waals surface area contributed by atoms with Crippen molar-refractivity contribution < 1.29 is 4.79 Å². The molecule has 5 heteroatoms. The van der Waals surface area contributed by atoms with Gasteiger partial charge in [0.1, 0.15) is 11.0 Å². The van der Waals surface area contributed by atoms with Gasteiger partial charge in [0, 0.05) is 18.7 Å². The monoisotopic (exact) mass is 309 g/mol. The number of carbonyl (C=O) groups excluding carboxylic acids is 1. The van der Waals surface area contributed by atoms with Crippen molar-refractivity contribution in [2.75, 3.05) is 6.54 Å². The van der Waals surface area contributed by atoms with Crippen LogP contribution in [0.5, 0.6) is 0 Å². The van der Waals surface area contributed by atoms with Gasteiger partial charge in [0.2, 0.25) is 5.91 Å². The highest BCUT2D eigenvalue weighted by Crippen LogP contribution is 2.34. The van der Waals surface area contributed by atoms with Gasteiger partial charge in [0.25, 0.3) is 0 Å². The molecule has 1 fully saturated rings. The number of hydrogen-bond donors (Lipinski definition) is 0. The highest BCUT2D eigenvalue weighted by Gasteiger charge is 2.30. The molecule has 1 amide bonds. The lowest BCUT2D eigenvalue weighted by Gasteiger charge is -2.29. The fraction of sp³-hybridized carbons (Fsp3) is 0.688. The molecule has 0 radical (unpaired) electrons. The van der Waals surface area contributed by atoms with Crippen LogP contribution in [0.3, 0.4) is 0 Å². The van der Waals surface area contributed by atoms with Crippen molar-refractivity contribution in [1.82, 2.24) is 14.9 Å². The molecule has 0 aromatic carbocycles. The average molecular weight is 310 g/mol. The number of aryl methyl sites for hydroxylation is 1. The van der Waals surface area contributed by atoms with Gasteiger partial charge in [-0.05, 0) is 37.2 Å². The van der Waals surface area contributed by atoms with Gasteiger partial charge in [0.05, 0.1) is 6.54 Å². The molecule has 1 unspecified atom stereocenters. The topological polar surface area (TPSA) is 46.1 Å². The first-order chi connectivity index (χ1) is 9.75. The third-order valence-electron chi connectivity index (χ3n) is 4.23. The molecule has 4 nitrogen and oxygen atoms in total. The van der Waals surface area contributed by atoms with E-state index < -0.39 is 0 Å². The molecule has 0 bridgehead atoms. The molecule has 1 aromatic rings. The third kappa shape index (κ3) is 4.40. The third-order valence-corrected chi connectivity index (χ3v) is 4.43. The zero-order chi connectivity index (χ0) is 15.6. The minimum Gasteiger partial charge on any atom is -0.335 e. The summed E-state index contributed by atoms with van der Waals surface area (Å²) in [5.74, 6) is 1.40. The molecule has 1 aliphatic heterocycles. The van der Waals surface area contributed by atoms with Crippen LogP contribution in [0.25, 0.3) is 0 Å². The van der Waals surface area contributed by atoms with E-state index in [2.05, 4.69) is 30.7 Å². The molecule has 1 atom stereocenters. The maximum Gasteiger partial charge on any atom is 0.222 e. The Hall–Kier alpha value is -1.16. The maximum absolute atomic E-state index is 12.3. The van der Waals surface area contributed by atoms with E-state index in [0.717, 1.165) is 25.1 Å². The first-order valence-corrected chi connectivity index (χ1v) is 7.91. The number of carbonyl (C=O) groups is 1. The van der Waals surface area contributed by atoms with Crippen LogP contribution in [0.1, 0.15) is 51.6 Å². The second-order valence-electron chi connectivity index (χ2n) is 6.95. The van der Waals surface area contributed by atoms with E-state index in [-0.39, 0.29) is 11.3 Å². The zero-order valence-electron chi connectivity index (χ0n) is 13.3. The number of halogens is 1. The summed E-state index contributed by atoms with van der Waals surface area (Å²) in [6.45, 7) is 9.87. The standard InChI is InChI=1S/C16H24ClN3O/c1-11-9-13(17)19-14(18-11)10-20-8-7-12(16(2,3)4)5-6-15(20)21/h9,12H,5-8,10H2,1-4H3. The van der Waals surface area contributed by atoms with Crippen LogP contribution in [-0.4, -0.2) is 27.3 Å². The summed E-state index contributed by atoms with van der Waals surface area (Å²) in [4.78, 5) is 22.8. The predicted molar refractivity (Wildman–Crippen MR) is 84.0 cm³/mol. The lowest BCUT2D eigenvalue weighted by atomic mass is 9.77. The van der Waals surface area contributed by atoms with Crippen molar-refractivity contribution in [2.45, 2.75) is 53.5 Å². The van der Waals surface area contributed by atoms with Crippen LogP contribution in [0.2, 0.25) is 5.15 Å². The molecular weight excluding hydrogens is 286 g/mol. The fourth-order valence-corrected chi connectivity index (χ4v) is 3.16. The Labute approximate surface area is 131 Å². The minimum absolute atomic E-state index is 0.197. The predicted octanol–water partition coefficient (Wildman–Crippen LogP) is 3.61. The second kappa shape index (κ2) is 6.30. The van der Waals surface area contributed by atoms with Gasteiger partial charge >= 0.3 is 0 Å². The molecule has 0 spiro atoms. The van der Waals surface area contributed by atoms with Crippen LogP contribution in [0, 0.1) is 18.3 Å². The lowest BCUT2D eigenvalue weighted by Crippen LogP contribution is -2.31. The summed E-state index contributed by atoms with van der Waals surface area (Å²) < 4.78 is 0. The number of aromatic nitrogens is 2. The van der Waals surface area contributed by atoms with Gasteiger partial charge in [-0.2, -0.15) is 0 Å².